The number of rotatable bonds is 2. The molecule has 2 heterocycles. The van der Waals surface area contributed by atoms with Gasteiger partial charge in [-0.25, -0.2) is 4.79 Å². The third-order valence-electron chi connectivity index (χ3n) is 4.83. The molecule has 4 nitrogen and oxygen atoms in total. The molecule has 1 aromatic heterocycles. The Balaban J connectivity index is 1.85. The summed E-state index contributed by atoms with van der Waals surface area (Å²) in [6.07, 6.45) is 4.08. The Labute approximate surface area is 146 Å². The highest BCUT2D eigenvalue weighted by Crippen LogP contribution is 2.32. The molecule has 1 N–H and O–H groups in total. The summed E-state index contributed by atoms with van der Waals surface area (Å²) in [5.41, 5.74) is 5.81. The van der Waals surface area contributed by atoms with Crippen LogP contribution in [-0.4, -0.2) is 27.2 Å². The zero-order valence-electron chi connectivity index (χ0n) is 14.1. The van der Waals surface area contributed by atoms with E-state index in [0.29, 0.717) is 13.1 Å². The van der Waals surface area contributed by atoms with Gasteiger partial charge in [0.15, 0.2) is 0 Å². The number of hydrogen-bond donors (Lipinski definition) is 1. The molecule has 1 amide bonds. The van der Waals surface area contributed by atoms with Gasteiger partial charge in [-0.05, 0) is 30.7 Å². The van der Waals surface area contributed by atoms with Gasteiger partial charge in [-0.3, -0.25) is 0 Å². The Morgan fingerprint density at radius 2 is 1.96 bits per heavy atom. The van der Waals surface area contributed by atoms with E-state index in [1.807, 2.05) is 18.2 Å². The second-order valence-electron chi connectivity index (χ2n) is 6.50. The average Bonchev–Trinajstić information content (AvgIpc) is 2.93. The van der Waals surface area contributed by atoms with Crippen molar-refractivity contribution < 1.29 is 9.90 Å². The fourth-order valence-electron chi connectivity index (χ4n) is 3.56. The van der Waals surface area contributed by atoms with E-state index in [9.17, 15) is 9.90 Å². The Morgan fingerprint density at radius 3 is 2.72 bits per heavy atom. The van der Waals surface area contributed by atoms with Crippen LogP contribution in [0.5, 0.6) is 0 Å². The largest absolute Gasteiger partial charge is 0.465 e. The van der Waals surface area contributed by atoms with Gasteiger partial charge in [0.2, 0.25) is 0 Å². The summed E-state index contributed by atoms with van der Waals surface area (Å²) in [6, 6.07) is 16.6. The monoisotopic (exact) mass is 332 g/mol. The highest BCUT2D eigenvalue weighted by Gasteiger charge is 2.25. The Hall–Kier alpha value is -3.01. The van der Waals surface area contributed by atoms with Crippen molar-refractivity contribution in [2.75, 3.05) is 6.54 Å². The summed E-state index contributed by atoms with van der Waals surface area (Å²) >= 11 is 0. The number of carboxylic acid groups (broad SMARTS) is 1. The van der Waals surface area contributed by atoms with Gasteiger partial charge < -0.3 is 14.6 Å². The van der Waals surface area contributed by atoms with Crippen LogP contribution in [0, 0.1) is 6.92 Å². The number of aryl methyl sites for hydroxylation is 1. The van der Waals surface area contributed by atoms with Crippen molar-refractivity contribution in [2.45, 2.75) is 19.9 Å². The quantitative estimate of drug-likeness (QED) is 0.744. The van der Waals surface area contributed by atoms with E-state index in [0.717, 1.165) is 28.5 Å². The molecule has 1 aliphatic heterocycles. The SMILES string of the molecule is Cc1ccc2c(c1)c1c(n2C=Cc2ccccc2)CCN(C(=O)O)C1. The zero-order valence-corrected chi connectivity index (χ0v) is 14.1. The molecule has 0 radical (unpaired) electrons. The minimum atomic E-state index is -0.848. The summed E-state index contributed by atoms with van der Waals surface area (Å²) in [5.74, 6) is 0. The summed E-state index contributed by atoms with van der Waals surface area (Å²) in [7, 11) is 0. The lowest BCUT2D eigenvalue weighted by Gasteiger charge is -2.25. The molecule has 4 heteroatoms. The first-order chi connectivity index (χ1) is 12.1. The number of fused-ring (bicyclic) bond motifs is 3. The predicted molar refractivity (Wildman–Crippen MR) is 100 cm³/mol. The van der Waals surface area contributed by atoms with Crippen molar-refractivity contribution in [3.63, 3.8) is 0 Å². The number of amides is 1. The van der Waals surface area contributed by atoms with Crippen molar-refractivity contribution in [3.05, 3.63) is 70.9 Å². The first kappa shape index (κ1) is 15.5. The Kier molecular flexibility index (Phi) is 3.80. The van der Waals surface area contributed by atoms with Gasteiger partial charge in [-0.15, -0.1) is 0 Å². The standard InChI is InChI=1S/C21H20N2O2/c1-15-7-8-19-17(13-15)18-14-22(21(24)25)11-10-20(18)23(19)12-9-16-5-3-2-4-6-16/h2-9,12-13H,10-11,14H2,1H3,(H,24,25). The fourth-order valence-corrected chi connectivity index (χ4v) is 3.56. The van der Waals surface area contributed by atoms with E-state index in [1.165, 1.54) is 16.2 Å². The van der Waals surface area contributed by atoms with Gasteiger partial charge in [-0.1, -0.05) is 42.0 Å². The molecule has 0 spiro atoms. The molecule has 0 fully saturated rings. The molecule has 25 heavy (non-hydrogen) atoms. The molecule has 0 saturated heterocycles. The van der Waals surface area contributed by atoms with Crippen LogP contribution in [0.3, 0.4) is 0 Å². The number of hydrogen-bond acceptors (Lipinski definition) is 1. The molecule has 3 aromatic rings. The molecule has 1 aliphatic rings. The maximum Gasteiger partial charge on any atom is 0.407 e. The van der Waals surface area contributed by atoms with Gasteiger partial charge in [-0.2, -0.15) is 0 Å². The van der Waals surface area contributed by atoms with Gasteiger partial charge >= 0.3 is 6.09 Å². The molecule has 126 valence electrons. The number of carbonyl (C=O) groups is 1. The first-order valence-corrected chi connectivity index (χ1v) is 8.47. The van der Waals surface area contributed by atoms with Crippen LogP contribution in [0.2, 0.25) is 0 Å². The third-order valence-corrected chi connectivity index (χ3v) is 4.83. The minimum absolute atomic E-state index is 0.455. The van der Waals surface area contributed by atoms with Crippen LogP contribution in [0.4, 0.5) is 4.79 Å². The van der Waals surface area contributed by atoms with E-state index in [4.69, 9.17) is 0 Å². The topological polar surface area (TPSA) is 45.5 Å². The van der Waals surface area contributed by atoms with Crippen LogP contribution >= 0.6 is 0 Å². The van der Waals surface area contributed by atoms with Crippen LogP contribution in [-0.2, 0) is 13.0 Å². The van der Waals surface area contributed by atoms with Crippen LogP contribution in [0.25, 0.3) is 23.2 Å². The predicted octanol–water partition coefficient (Wildman–Crippen LogP) is 4.61. The highest BCUT2D eigenvalue weighted by molar-refractivity contribution is 5.89. The summed E-state index contributed by atoms with van der Waals surface area (Å²) < 4.78 is 2.22. The van der Waals surface area contributed by atoms with Gasteiger partial charge in [0.25, 0.3) is 0 Å². The smallest absolute Gasteiger partial charge is 0.407 e. The molecule has 2 aromatic carbocycles. The maximum atomic E-state index is 11.4. The highest BCUT2D eigenvalue weighted by atomic mass is 16.4. The second kappa shape index (κ2) is 6.13. The maximum absolute atomic E-state index is 11.4. The Bertz CT molecular complexity index is 970. The third kappa shape index (κ3) is 2.80. The lowest BCUT2D eigenvalue weighted by Crippen LogP contribution is -2.34. The van der Waals surface area contributed by atoms with Gasteiger partial charge in [0.05, 0.1) is 12.1 Å². The lowest BCUT2D eigenvalue weighted by molar-refractivity contribution is 0.140. The summed E-state index contributed by atoms with van der Waals surface area (Å²) in [5, 5.41) is 10.5. The fraction of sp³-hybridized carbons (Fsp3) is 0.190. The molecule has 0 atom stereocenters. The molecule has 4 rings (SSSR count). The molecular formula is C21H20N2O2. The molecule has 0 saturated carbocycles. The van der Waals surface area contributed by atoms with Crippen molar-refractivity contribution >= 4 is 29.3 Å². The van der Waals surface area contributed by atoms with Crippen molar-refractivity contribution in [1.82, 2.24) is 9.47 Å². The van der Waals surface area contributed by atoms with E-state index >= 15 is 0 Å². The van der Waals surface area contributed by atoms with Gasteiger partial charge in [0.1, 0.15) is 0 Å². The van der Waals surface area contributed by atoms with Crippen LogP contribution in [0.1, 0.15) is 22.4 Å². The molecule has 0 aliphatic carbocycles. The lowest BCUT2D eigenvalue weighted by atomic mass is 10.0. The van der Waals surface area contributed by atoms with Gasteiger partial charge in [0, 0.05) is 35.8 Å². The molecule has 0 unspecified atom stereocenters. The first-order valence-electron chi connectivity index (χ1n) is 8.47. The second-order valence-corrected chi connectivity index (χ2v) is 6.50. The van der Waals surface area contributed by atoms with Crippen LogP contribution < -0.4 is 0 Å². The van der Waals surface area contributed by atoms with E-state index in [-0.39, 0.29) is 0 Å². The average molecular weight is 332 g/mol. The number of aromatic nitrogens is 1. The van der Waals surface area contributed by atoms with Crippen molar-refractivity contribution in [3.8, 4) is 0 Å². The Morgan fingerprint density at radius 1 is 1.16 bits per heavy atom. The summed E-state index contributed by atoms with van der Waals surface area (Å²) in [6.45, 7) is 3.06. The van der Waals surface area contributed by atoms with Crippen molar-refractivity contribution in [2.24, 2.45) is 0 Å². The van der Waals surface area contributed by atoms with E-state index < -0.39 is 6.09 Å². The van der Waals surface area contributed by atoms with Crippen LogP contribution in [0.15, 0.2) is 48.5 Å². The van der Waals surface area contributed by atoms with E-state index in [1.54, 1.807) is 0 Å². The van der Waals surface area contributed by atoms with E-state index in [2.05, 4.69) is 54.1 Å². The normalized spacial score (nSPS) is 14.2. The molecular weight excluding hydrogens is 312 g/mol. The van der Waals surface area contributed by atoms with Crippen molar-refractivity contribution in [1.29, 1.82) is 0 Å². The number of nitrogens with zero attached hydrogens (tertiary/aromatic N) is 2. The molecule has 0 bridgehead atoms. The minimum Gasteiger partial charge on any atom is -0.465 e. The zero-order chi connectivity index (χ0) is 17.4. The number of benzene rings is 2. The summed E-state index contributed by atoms with van der Waals surface area (Å²) in [4.78, 5) is 12.9.